The summed E-state index contributed by atoms with van der Waals surface area (Å²) in [6.45, 7) is 2.99. The highest BCUT2D eigenvalue weighted by molar-refractivity contribution is 9.10. The fourth-order valence-electron chi connectivity index (χ4n) is 1.35. The van der Waals surface area contributed by atoms with Gasteiger partial charge in [0.05, 0.1) is 6.20 Å². The smallest absolute Gasteiger partial charge is 0.0568 e. The molecule has 0 N–H and O–H groups in total. The number of rotatable bonds is 2. The first kappa shape index (κ1) is 9.46. The summed E-state index contributed by atoms with van der Waals surface area (Å²) in [6, 6.07) is 8.23. The van der Waals surface area contributed by atoms with Crippen molar-refractivity contribution in [3.8, 4) is 11.1 Å². The van der Waals surface area contributed by atoms with E-state index in [4.69, 9.17) is 0 Å². The minimum absolute atomic E-state index is 0.911. The molecule has 0 fully saturated rings. The van der Waals surface area contributed by atoms with E-state index in [0.717, 1.165) is 16.6 Å². The van der Waals surface area contributed by atoms with Crippen molar-refractivity contribution in [3.05, 3.63) is 41.1 Å². The van der Waals surface area contributed by atoms with E-state index >= 15 is 0 Å². The van der Waals surface area contributed by atoms with Crippen molar-refractivity contribution in [1.29, 1.82) is 0 Å². The van der Waals surface area contributed by atoms with Crippen LogP contribution in [-0.4, -0.2) is 9.78 Å². The molecule has 2 rings (SSSR count). The highest BCUT2D eigenvalue weighted by atomic mass is 79.9. The first-order valence-corrected chi connectivity index (χ1v) is 5.37. The van der Waals surface area contributed by atoms with Crippen LogP contribution in [0.3, 0.4) is 0 Å². The van der Waals surface area contributed by atoms with Crippen LogP contribution < -0.4 is 0 Å². The van der Waals surface area contributed by atoms with E-state index in [-0.39, 0.29) is 0 Å². The van der Waals surface area contributed by atoms with E-state index in [1.54, 1.807) is 0 Å². The van der Waals surface area contributed by atoms with Crippen LogP contribution in [-0.2, 0) is 6.54 Å². The zero-order valence-corrected chi connectivity index (χ0v) is 9.53. The van der Waals surface area contributed by atoms with Crippen LogP contribution in [0.1, 0.15) is 6.92 Å². The Morgan fingerprint density at radius 3 is 2.86 bits per heavy atom. The SMILES string of the molecule is CCn1cc(-c2cccc(Br)c2)cn1. The molecule has 0 aliphatic heterocycles. The summed E-state index contributed by atoms with van der Waals surface area (Å²) in [5, 5.41) is 4.24. The van der Waals surface area contributed by atoms with Crippen LogP contribution in [0, 0.1) is 0 Å². The lowest BCUT2D eigenvalue weighted by molar-refractivity contribution is 0.660. The Kier molecular flexibility index (Phi) is 2.68. The third-order valence-electron chi connectivity index (χ3n) is 2.12. The van der Waals surface area contributed by atoms with Gasteiger partial charge < -0.3 is 0 Å². The van der Waals surface area contributed by atoms with Gasteiger partial charge in [0.15, 0.2) is 0 Å². The van der Waals surface area contributed by atoms with E-state index < -0.39 is 0 Å². The molecule has 3 heteroatoms. The maximum atomic E-state index is 4.24. The molecular weight excluding hydrogens is 240 g/mol. The topological polar surface area (TPSA) is 17.8 Å². The molecule has 0 saturated carbocycles. The number of aryl methyl sites for hydroxylation is 1. The van der Waals surface area contributed by atoms with Crippen molar-refractivity contribution in [2.45, 2.75) is 13.5 Å². The van der Waals surface area contributed by atoms with Crippen molar-refractivity contribution in [2.24, 2.45) is 0 Å². The molecule has 0 bridgehead atoms. The van der Waals surface area contributed by atoms with Gasteiger partial charge in [0.25, 0.3) is 0 Å². The van der Waals surface area contributed by atoms with Gasteiger partial charge in [-0.3, -0.25) is 4.68 Å². The van der Waals surface area contributed by atoms with Crippen LogP contribution in [0.25, 0.3) is 11.1 Å². The van der Waals surface area contributed by atoms with E-state index in [2.05, 4.69) is 46.3 Å². The highest BCUT2D eigenvalue weighted by Gasteiger charge is 2.00. The molecular formula is C11H11BrN2. The standard InChI is InChI=1S/C11H11BrN2/c1-2-14-8-10(7-13-14)9-4-3-5-11(12)6-9/h3-8H,2H2,1H3. The van der Waals surface area contributed by atoms with E-state index in [9.17, 15) is 0 Å². The van der Waals surface area contributed by atoms with E-state index in [1.165, 1.54) is 5.56 Å². The molecule has 1 aromatic carbocycles. The number of nitrogens with zero attached hydrogens (tertiary/aromatic N) is 2. The maximum absolute atomic E-state index is 4.24. The fraction of sp³-hybridized carbons (Fsp3) is 0.182. The summed E-state index contributed by atoms with van der Waals surface area (Å²) < 4.78 is 3.02. The van der Waals surface area contributed by atoms with Gasteiger partial charge in [-0.05, 0) is 24.6 Å². The number of hydrogen-bond acceptors (Lipinski definition) is 1. The molecule has 2 nitrogen and oxygen atoms in total. The van der Waals surface area contributed by atoms with Gasteiger partial charge >= 0.3 is 0 Å². The molecule has 0 aliphatic rings. The molecule has 0 unspecified atom stereocenters. The normalized spacial score (nSPS) is 10.4. The second-order valence-electron chi connectivity index (χ2n) is 3.10. The number of hydrogen-bond donors (Lipinski definition) is 0. The Labute approximate surface area is 91.7 Å². The Bertz CT molecular complexity index is 434. The largest absolute Gasteiger partial charge is 0.272 e. The van der Waals surface area contributed by atoms with Gasteiger partial charge in [0.1, 0.15) is 0 Å². The molecule has 0 aliphatic carbocycles. The summed E-state index contributed by atoms with van der Waals surface area (Å²) in [5.41, 5.74) is 2.35. The van der Waals surface area contributed by atoms with Crippen molar-refractivity contribution in [3.63, 3.8) is 0 Å². The lowest BCUT2D eigenvalue weighted by atomic mass is 10.1. The summed E-state index contributed by atoms with van der Waals surface area (Å²) in [4.78, 5) is 0. The molecule has 0 saturated heterocycles. The van der Waals surface area contributed by atoms with Gasteiger partial charge in [0, 0.05) is 22.8 Å². The van der Waals surface area contributed by atoms with Gasteiger partial charge in [-0.1, -0.05) is 28.1 Å². The number of halogens is 1. The number of aromatic nitrogens is 2. The van der Waals surface area contributed by atoms with E-state index in [0.29, 0.717) is 0 Å². The highest BCUT2D eigenvalue weighted by Crippen LogP contribution is 2.22. The molecule has 1 heterocycles. The average Bonchev–Trinajstić information content (AvgIpc) is 2.66. The second kappa shape index (κ2) is 3.96. The molecule has 1 aromatic heterocycles. The second-order valence-corrected chi connectivity index (χ2v) is 4.01. The van der Waals surface area contributed by atoms with Crippen LogP contribution in [0.4, 0.5) is 0 Å². The Morgan fingerprint density at radius 2 is 2.21 bits per heavy atom. The predicted octanol–water partition coefficient (Wildman–Crippen LogP) is 3.33. The molecule has 0 atom stereocenters. The zero-order chi connectivity index (χ0) is 9.97. The fourth-order valence-corrected chi connectivity index (χ4v) is 1.75. The summed E-state index contributed by atoms with van der Waals surface area (Å²) in [5.74, 6) is 0. The zero-order valence-electron chi connectivity index (χ0n) is 7.94. The van der Waals surface area contributed by atoms with Crippen molar-refractivity contribution >= 4 is 15.9 Å². The van der Waals surface area contributed by atoms with Crippen LogP contribution >= 0.6 is 15.9 Å². The Morgan fingerprint density at radius 1 is 1.36 bits per heavy atom. The third kappa shape index (κ3) is 1.87. The monoisotopic (exact) mass is 250 g/mol. The maximum Gasteiger partial charge on any atom is 0.0568 e. The lowest BCUT2D eigenvalue weighted by Gasteiger charge is -1.97. The van der Waals surface area contributed by atoms with Gasteiger partial charge in [-0.15, -0.1) is 0 Å². The Balaban J connectivity index is 2.39. The van der Waals surface area contributed by atoms with Gasteiger partial charge in [-0.2, -0.15) is 5.10 Å². The molecule has 14 heavy (non-hydrogen) atoms. The first-order chi connectivity index (χ1) is 6.79. The molecule has 0 amide bonds. The van der Waals surface area contributed by atoms with Crippen molar-refractivity contribution in [2.75, 3.05) is 0 Å². The minimum Gasteiger partial charge on any atom is -0.272 e. The third-order valence-corrected chi connectivity index (χ3v) is 2.61. The van der Waals surface area contributed by atoms with Crippen LogP contribution in [0.5, 0.6) is 0 Å². The van der Waals surface area contributed by atoms with Gasteiger partial charge in [0.2, 0.25) is 0 Å². The van der Waals surface area contributed by atoms with Crippen LogP contribution in [0.15, 0.2) is 41.1 Å². The van der Waals surface area contributed by atoms with Crippen LogP contribution in [0.2, 0.25) is 0 Å². The summed E-state index contributed by atoms with van der Waals surface area (Å²) in [7, 11) is 0. The molecule has 2 aromatic rings. The summed E-state index contributed by atoms with van der Waals surface area (Å²) in [6.07, 6.45) is 3.95. The van der Waals surface area contributed by atoms with Crippen molar-refractivity contribution < 1.29 is 0 Å². The Hall–Kier alpha value is -1.09. The quantitative estimate of drug-likeness (QED) is 0.800. The van der Waals surface area contributed by atoms with E-state index in [1.807, 2.05) is 23.0 Å². The van der Waals surface area contributed by atoms with Gasteiger partial charge in [-0.25, -0.2) is 0 Å². The molecule has 0 spiro atoms. The summed E-state index contributed by atoms with van der Waals surface area (Å²) >= 11 is 3.46. The average molecular weight is 251 g/mol. The van der Waals surface area contributed by atoms with Crippen molar-refractivity contribution in [1.82, 2.24) is 9.78 Å². The molecule has 72 valence electrons. The lowest BCUT2D eigenvalue weighted by Crippen LogP contribution is -1.91. The minimum atomic E-state index is 0.911. The molecule has 0 radical (unpaired) electrons. The predicted molar refractivity (Wildman–Crippen MR) is 61.0 cm³/mol. The number of benzene rings is 1. The first-order valence-electron chi connectivity index (χ1n) is 4.58.